The Morgan fingerprint density at radius 3 is 2.21 bits per heavy atom. The molecule has 3 aliphatic heterocycles. The minimum absolute atomic E-state index is 0.0633. The Morgan fingerprint density at radius 2 is 1.52 bits per heavy atom. The third-order valence-corrected chi connectivity index (χ3v) is 6.20. The van der Waals surface area contributed by atoms with Gasteiger partial charge in [0.05, 0.1) is 12.2 Å². The summed E-state index contributed by atoms with van der Waals surface area (Å²) in [5, 5.41) is 0. The molecule has 0 bridgehead atoms. The highest BCUT2D eigenvalue weighted by Crippen LogP contribution is 2.32. The normalized spacial score (nSPS) is 19.0. The highest BCUT2D eigenvalue weighted by molar-refractivity contribution is 5.94. The highest BCUT2D eigenvalue weighted by Gasteiger charge is 2.30. The summed E-state index contributed by atoms with van der Waals surface area (Å²) in [5.41, 5.74) is 2.68. The lowest BCUT2D eigenvalue weighted by atomic mass is 10.0. The Balaban J connectivity index is 1.47. The molecule has 1 amide bonds. The number of aromatic nitrogens is 2. The third-order valence-electron chi connectivity index (χ3n) is 6.20. The first kappa shape index (κ1) is 18.3. The number of rotatable bonds is 3. The van der Waals surface area contributed by atoms with Crippen molar-refractivity contribution in [2.24, 2.45) is 0 Å². The molecule has 2 saturated heterocycles. The number of halogens is 1. The number of hydrogen-bond acceptors (Lipinski definition) is 5. The topological polar surface area (TPSA) is 52.6 Å². The van der Waals surface area contributed by atoms with Crippen molar-refractivity contribution in [1.29, 1.82) is 0 Å². The molecule has 0 radical (unpaired) electrons. The predicted molar refractivity (Wildman–Crippen MR) is 110 cm³/mol. The molecule has 152 valence electrons. The van der Waals surface area contributed by atoms with Crippen LogP contribution in [0.5, 0.6) is 0 Å². The van der Waals surface area contributed by atoms with Gasteiger partial charge in [-0.25, -0.2) is 9.37 Å². The average molecular weight is 395 g/mol. The summed E-state index contributed by atoms with van der Waals surface area (Å²) >= 11 is 0. The van der Waals surface area contributed by atoms with Crippen molar-refractivity contribution in [2.75, 3.05) is 42.5 Å². The van der Waals surface area contributed by atoms with Crippen LogP contribution in [0.3, 0.4) is 0 Å². The monoisotopic (exact) mass is 395 g/mol. The van der Waals surface area contributed by atoms with Crippen molar-refractivity contribution >= 4 is 17.7 Å². The van der Waals surface area contributed by atoms with Crippen LogP contribution in [0.2, 0.25) is 0 Å². The first-order valence-electron chi connectivity index (χ1n) is 10.6. The van der Waals surface area contributed by atoms with Crippen LogP contribution < -0.4 is 9.80 Å². The van der Waals surface area contributed by atoms with E-state index in [1.807, 2.05) is 4.90 Å². The highest BCUT2D eigenvalue weighted by atomic mass is 19.1. The van der Waals surface area contributed by atoms with Crippen molar-refractivity contribution < 1.29 is 9.18 Å². The average Bonchev–Trinajstić information content (AvgIpc) is 3.47. The van der Waals surface area contributed by atoms with E-state index in [-0.39, 0.29) is 11.7 Å². The fourth-order valence-corrected chi connectivity index (χ4v) is 4.58. The summed E-state index contributed by atoms with van der Waals surface area (Å²) in [6.45, 7) is 5.20. The number of hydrogen-bond donors (Lipinski definition) is 0. The molecule has 3 aliphatic rings. The lowest BCUT2D eigenvalue weighted by molar-refractivity contribution is 0.0733. The summed E-state index contributed by atoms with van der Waals surface area (Å²) < 4.78 is 13.2. The van der Waals surface area contributed by atoms with Crippen LogP contribution in [0.1, 0.15) is 47.3 Å². The SMILES string of the molecule is O=C(c1ccc(F)cc1)N1CCc2nc(N3CCCC3)nc(N3CCCC3)c2C1. The first-order valence-corrected chi connectivity index (χ1v) is 10.6. The molecule has 0 saturated carbocycles. The van der Waals surface area contributed by atoms with Crippen LogP contribution in [0.25, 0.3) is 0 Å². The molecule has 4 heterocycles. The van der Waals surface area contributed by atoms with Gasteiger partial charge in [-0.2, -0.15) is 4.98 Å². The molecule has 5 rings (SSSR count). The summed E-state index contributed by atoms with van der Waals surface area (Å²) in [6, 6.07) is 5.79. The Hall–Kier alpha value is -2.70. The second-order valence-electron chi connectivity index (χ2n) is 8.14. The molecule has 0 aliphatic carbocycles. The Labute approximate surface area is 170 Å². The molecule has 0 unspecified atom stereocenters. The minimum Gasteiger partial charge on any atom is -0.356 e. The maximum atomic E-state index is 13.2. The zero-order chi connectivity index (χ0) is 19.8. The van der Waals surface area contributed by atoms with Gasteiger partial charge in [0.15, 0.2) is 0 Å². The molecule has 2 fully saturated rings. The quantitative estimate of drug-likeness (QED) is 0.800. The van der Waals surface area contributed by atoms with Gasteiger partial charge in [-0.15, -0.1) is 0 Å². The molecule has 0 N–H and O–H groups in total. The van der Waals surface area contributed by atoms with Crippen LogP contribution in [0.4, 0.5) is 16.2 Å². The molecular formula is C22H26FN5O. The van der Waals surface area contributed by atoms with E-state index in [0.29, 0.717) is 18.7 Å². The number of amides is 1. The van der Waals surface area contributed by atoms with E-state index in [0.717, 1.165) is 55.6 Å². The zero-order valence-electron chi connectivity index (χ0n) is 16.6. The van der Waals surface area contributed by atoms with Crippen LogP contribution in [-0.4, -0.2) is 53.5 Å². The zero-order valence-corrected chi connectivity index (χ0v) is 16.6. The fourth-order valence-electron chi connectivity index (χ4n) is 4.58. The minimum atomic E-state index is -0.329. The van der Waals surface area contributed by atoms with Crippen molar-refractivity contribution in [3.05, 3.63) is 46.9 Å². The second kappa shape index (κ2) is 7.61. The van der Waals surface area contributed by atoms with Crippen LogP contribution >= 0.6 is 0 Å². The number of fused-ring (bicyclic) bond motifs is 1. The predicted octanol–water partition coefficient (Wildman–Crippen LogP) is 3.01. The van der Waals surface area contributed by atoms with Gasteiger partial charge >= 0.3 is 0 Å². The standard InChI is InChI=1S/C22H26FN5O/c23-17-7-5-16(6-8-17)21(29)28-14-9-19-18(15-28)20(26-10-1-2-11-26)25-22(24-19)27-12-3-4-13-27/h5-8H,1-4,9-15H2. The molecule has 0 atom stereocenters. The van der Waals surface area contributed by atoms with Crippen molar-refractivity contribution in [2.45, 2.75) is 38.6 Å². The fraction of sp³-hybridized carbons (Fsp3) is 0.500. The van der Waals surface area contributed by atoms with Gasteiger partial charge in [0, 0.05) is 50.3 Å². The molecule has 7 heteroatoms. The van der Waals surface area contributed by atoms with Gasteiger partial charge < -0.3 is 14.7 Å². The van der Waals surface area contributed by atoms with Crippen molar-refractivity contribution in [3.8, 4) is 0 Å². The van der Waals surface area contributed by atoms with E-state index in [9.17, 15) is 9.18 Å². The van der Waals surface area contributed by atoms with Crippen LogP contribution in [-0.2, 0) is 13.0 Å². The summed E-state index contributed by atoms with van der Waals surface area (Å²) in [6.07, 6.45) is 5.47. The molecular weight excluding hydrogens is 369 g/mol. The van der Waals surface area contributed by atoms with E-state index in [2.05, 4.69) is 9.80 Å². The van der Waals surface area contributed by atoms with E-state index in [4.69, 9.17) is 9.97 Å². The smallest absolute Gasteiger partial charge is 0.254 e. The lowest BCUT2D eigenvalue weighted by Crippen LogP contribution is -2.38. The van der Waals surface area contributed by atoms with Gasteiger partial charge in [0.1, 0.15) is 11.6 Å². The lowest BCUT2D eigenvalue weighted by Gasteiger charge is -2.32. The molecule has 1 aromatic heterocycles. The van der Waals surface area contributed by atoms with Crippen LogP contribution in [0.15, 0.2) is 24.3 Å². The van der Waals surface area contributed by atoms with Gasteiger partial charge in [-0.1, -0.05) is 0 Å². The molecule has 29 heavy (non-hydrogen) atoms. The Kier molecular flexibility index (Phi) is 4.81. The molecule has 1 aromatic carbocycles. The van der Waals surface area contributed by atoms with Gasteiger partial charge in [0.25, 0.3) is 5.91 Å². The summed E-state index contributed by atoms with van der Waals surface area (Å²) in [5.74, 6) is 1.46. The van der Waals surface area contributed by atoms with E-state index < -0.39 is 0 Å². The van der Waals surface area contributed by atoms with Crippen molar-refractivity contribution in [3.63, 3.8) is 0 Å². The number of anilines is 2. The Morgan fingerprint density at radius 1 is 0.862 bits per heavy atom. The Bertz CT molecular complexity index is 904. The molecule has 6 nitrogen and oxygen atoms in total. The summed E-state index contributed by atoms with van der Waals surface area (Å²) in [4.78, 5) is 29.3. The number of carbonyl (C=O) groups is 1. The van der Waals surface area contributed by atoms with Gasteiger partial charge in [0.2, 0.25) is 5.95 Å². The van der Waals surface area contributed by atoms with Gasteiger partial charge in [-0.3, -0.25) is 4.79 Å². The third kappa shape index (κ3) is 3.54. The second-order valence-corrected chi connectivity index (χ2v) is 8.14. The van der Waals surface area contributed by atoms with E-state index in [1.165, 1.54) is 37.8 Å². The molecule has 0 spiro atoms. The van der Waals surface area contributed by atoms with E-state index in [1.54, 1.807) is 12.1 Å². The number of nitrogens with zero attached hydrogens (tertiary/aromatic N) is 5. The van der Waals surface area contributed by atoms with E-state index >= 15 is 0 Å². The summed E-state index contributed by atoms with van der Waals surface area (Å²) in [7, 11) is 0. The number of benzene rings is 1. The van der Waals surface area contributed by atoms with Gasteiger partial charge in [-0.05, 0) is 49.9 Å². The maximum Gasteiger partial charge on any atom is 0.254 e. The van der Waals surface area contributed by atoms with Crippen molar-refractivity contribution in [1.82, 2.24) is 14.9 Å². The van der Waals surface area contributed by atoms with Crippen LogP contribution in [0, 0.1) is 5.82 Å². The largest absolute Gasteiger partial charge is 0.356 e. The molecule has 2 aromatic rings. The maximum absolute atomic E-state index is 13.2. The number of carbonyl (C=O) groups excluding carboxylic acids is 1. The first-order chi connectivity index (χ1) is 14.2.